The Kier molecular flexibility index (Phi) is 30.7. The zero-order valence-corrected chi connectivity index (χ0v) is 31.1. The molecule has 0 N–H and O–H groups in total. The van der Waals surface area contributed by atoms with E-state index >= 15 is 0 Å². The number of anilines is 1. The molecular formula is C42H78N2O2. The summed E-state index contributed by atoms with van der Waals surface area (Å²) in [6.07, 6.45) is 43.8. The maximum absolute atomic E-state index is 11.8. The number of nitro groups is 1. The van der Waals surface area contributed by atoms with Crippen LogP contribution in [0.2, 0.25) is 0 Å². The van der Waals surface area contributed by atoms with Crippen LogP contribution in [0.4, 0.5) is 11.4 Å². The second-order valence-electron chi connectivity index (χ2n) is 14.3. The van der Waals surface area contributed by atoms with Crippen molar-refractivity contribution >= 4 is 11.4 Å². The molecule has 4 nitrogen and oxygen atoms in total. The van der Waals surface area contributed by atoms with Gasteiger partial charge in [0.05, 0.1) is 4.92 Å². The highest BCUT2D eigenvalue weighted by Crippen LogP contribution is 2.28. The average Bonchev–Trinajstić information content (AvgIpc) is 3.06. The molecule has 268 valence electrons. The van der Waals surface area contributed by atoms with Crippen LogP contribution in [0.5, 0.6) is 0 Å². The predicted molar refractivity (Wildman–Crippen MR) is 204 cm³/mol. The van der Waals surface area contributed by atoms with E-state index in [1.54, 1.807) is 12.1 Å². The zero-order valence-electron chi connectivity index (χ0n) is 31.1. The summed E-state index contributed by atoms with van der Waals surface area (Å²) in [5.74, 6) is 0. The molecule has 0 atom stereocenters. The molecule has 0 radical (unpaired) electrons. The van der Waals surface area contributed by atoms with Crippen LogP contribution in [0, 0.1) is 10.1 Å². The van der Waals surface area contributed by atoms with Gasteiger partial charge in [0.1, 0.15) is 5.69 Å². The fourth-order valence-electron chi connectivity index (χ4n) is 6.94. The summed E-state index contributed by atoms with van der Waals surface area (Å²) in [6, 6.07) is 7.38. The molecule has 0 aliphatic rings. The fraction of sp³-hybridized carbons (Fsp3) is 0.857. The van der Waals surface area contributed by atoms with Crippen molar-refractivity contribution < 1.29 is 4.92 Å². The first-order chi connectivity index (χ1) is 22.7. The largest absolute Gasteiger partial charge is 0.366 e. The molecule has 4 heteroatoms. The summed E-state index contributed by atoms with van der Waals surface area (Å²) >= 11 is 0. The van der Waals surface area contributed by atoms with Gasteiger partial charge in [-0.2, -0.15) is 0 Å². The minimum atomic E-state index is -0.205. The minimum Gasteiger partial charge on any atom is -0.366 e. The fourth-order valence-corrected chi connectivity index (χ4v) is 6.94. The van der Waals surface area contributed by atoms with Gasteiger partial charge in [-0.15, -0.1) is 0 Å². The van der Waals surface area contributed by atoms with Crippen LogP contribution in [0.1, 0.15) is 219 Å². The van der Waals surface area contributed by atoms with E-state index in [0.29, 0.717) is 0 Å². The van der Waals surface area contributed by atoms with Crippen molar-refractivity contribution in [3.8, 4) is 0 Å². The number of para-hydroxylation sites is 2. The summed E-state index contributed by atoms with van der Waals surface area (Å²) in [5.41, 5.74) is 1.07. The number of rotatable bonds is 36. The molecule has 0 saturated heterocycles. The molecule has 0 amide bonds. The first kappa shape index (κ1) is 42.4. The second-order valence-corrected chi connectivity index (χ2v) is 14.3. The Morgan fingerprint density at radius 1 is 0.435 bits per heavy atom. The van der Waals surface area contributed by atoms with Gasteiger partial charge in [-0.1, -0.05) is 219 Å². The van der Waals surface area contributed by atoms with Crippen molar-refractivity contribution in [2.45, 2.75) is 219 Å². The second kappa shape index (κ2) is 33.3. The van der Waals surface area contributed by atoms with Crippen molar-refractivity contribution in [2.75, 3.05) is 18.0 Å². The highest BCUT2D eigenvalue weighted by molar-refractivity contribution is 5.63. The van der Waals surface area contributed by atoms with Crippen molar-refractivity contribution in [2.24, 2.45) is 0 Å². The molecular weight excluding hydrogens is 564 g/mol. The average molecular weight is 643 g/mol. The molecule has 1 aromatic carbocycles. The highest BCUT2D eigenvalue weighted by atomic mass is 16.6. The van der Waals surface area contributed by atoms with Crippen molar-refractivity contribution in [3.05, 3.63) is 34.4 Å². The smallest absolute Gasteiger partial charge is 0.292 e. The summed E-state index contributed by atoms with van der Waals surface area (Å²) in [5, 5.41) is 11.8. The summed E-state index contributed by atoms with van der Waals surface area (Å²) in [6.45, 7) is 6.45. The van der Waals surface area contributed by atoms with Gasteiger partial charge in [0.25, 0.3) is 5.69 Å². The van der Waals surface area contributed by atoms with Gasteiger partial charge in [-0.05, 0) is 18.9 Å². The lowest BCUT2D eigenvalue weighted by Crippen LogP contribution is -2.26. The number of hydrogen-bond donors (Lipinski definition) is 0. The van der Waals surface area contributed by atoms with E-state index in [0.717, 1.165) is 31.6 Å². The molecule has 0 heterocycles. The van der Waals surface area contributed by atoms with E-state index in [-0.39, 0.29) is 10.6 Å². The molecule has 1 aromatic rings. The molecule has 0 bridgehead atoms. The van der Waals surface area contributed by atoms with E-state index < -0.39 is 0 Å². The van der Waals surface area contributed by atoms with Gasteiger partial charge in [0, 0.05) is 19.2 Å². The Morgan fingerprint density at radius 2 is 0.696 bits per heavy atom. The van der Waals surface area contributed by atoms with Gasteiger partial charge in [0.15, 0.2) is 0 Å². The van der Waals surface area contributed by atoms with E-state index in [4.69, 9.17) is 0 Å². The Labute approximate surface area is 287 Å². The molecule has 0 spiro atoms. The van der Waals surface area contributed by atoms with E-state index in [2.05, 4.69) is 18.7 Å². The number of benzene rings is 1. The molecule has 0 aliphatic heterocycles. The molecule has 0 aliphatic carbocycles. The lowest BCUT2D eigenvalue weighted by molar-refractivity contribution is -0.384. The number of nitrogens with zero attached hydrogens (tertiary/aromatic N) is 2. The normalized spacial score (nSPS) is 11.3. The third-order valence-electron chi connectivity index (χ3n) is 9.98. The Morgan fingerprint density at radius 3 is 0.978 bits per heavy atom. The van der Waals surface area contributed by atoms with Crippen LogP contribution in [0.15, 0.2) is 24.3 Å². The van der Waals surface area contributed by atoms with Gasteiger partial charge < -0.3 is 4.90 Å². The number of unbranched alkanes of at least 4 members (excludes halogenated alkanes) is 30. The molecule has 1 rings (SSSR count). The molecule has 0 fully saturated rings. The van der Waals surface area contributed by atoms with E-state index in [9.17, 15) is 10.1 Å². The molecule has 0 saturated carbocycles. The maximum Gasteiger partial charge on any atom is 0.292 e. The standard InChI is InChI=1S/C42H78N2O2/c1-3-5-7-9-11-13-15-17-19-21-23-25-27-29-31-35-39-43(41-37-33-34-38-42(41)44(45)46)40-36-32-30-28-26-24-22-20-18-16-14-12-10-8-6-4-2/h33-34,37-38H,3-32,35-36,39-40H2,1-2H3. The summed E-state index contributed by atoms with van der Waals surface area (Å²) in [4.78, 5) is 13.9. The first-order valence-corrected chi connectivity index (χ1v) is 20.7. The van der Waals surface area contributed by atoms with Gasteiger partial charge in [-0.3, -0.25) is 10.1 Å². The Balaban J connectivity index is 2.13. The van der Waals surface area contributed by atoms with E-state index in [1.165, 1.54) is 193 Å². The highest BCUT2D eigenvalue weighted by Gasteiger charge is 2.18. The van der Waals surface area contributed by atoms with Crippen LogP contribution in [0.3, 0.4) is 0 Å². The molecule has 0 unspecified atom stereocenters. The van der Waals surface area contributed by atoms with Crippen LogP contribution in [0.25, 0.3) is 0 Å². The van der Waals surface area contributed by atoms with Crippen LogP contribution in [-0.2, 0) is 0 Å². The summed E-state index contributed by atoms with van der Waals surface area (Å²) in [7, 11) is 0. The first-order valence-electron chi connectivity index (χ1n) is 20.7. The van der Waals surface area contributed by atoms with Gasteiger partial charge >= 0.3 is 0 Å². The minimum absolute atomic E-state index is 0.205. The zero-order chi connectivity index (χ0) is 33.2. The van der Waals surface area contributed by atoms with Crippen molar-refractivity contribution in [3.63, 3.8) is 0 Å². The maximum atomic E-state index is 11.8. The third kappa shape index (κ3) is 25.5. The van der Waals surface area contributed by atoms with Crippen LogP contribution in [-0.4, -0.2) is 18.0 Å². The number of hydrogen-bond acceptors (Lipinski definition) is 3. The lowest BCUT2D eigenvalue weighted by atomic mass is 10.0. The van der Waals surface area contributed by atoms with Crippen LogP contribution < -0.4 is 4.90 Å². The lowest BCUT2D eigenvalue weighted by Gasteiger charge is -2.24. The quantitative estimate of drug-likeness (QED) is 0.0415. The number of nitro benzene ring substituents is 1. The topological polar surface area (TPSA) is 46.4 Å². The monoisotopic (exact) mass is 643 g/mol. The third-order valence-corrected chi connectivity index (χ3v) is 9.98. The molecule has 46 heavy (non-hydrogen) atoms. The predicted octanol–water partition coefficient (Wildman–Crippen LogP) is 14.9. The van der Waals surface area contributed by atoms with Gasteiger partial charge in [0.2, 0.25) is 0 Å². The van der Waals surface area contributed by atoms with Gasteiger partial charge in [-0.25, -0.2) is 0 Å². The SMILES string of the molecule is CCCCCCCCCCCCCCCCCCN(CCCCCCCCCCCCCCCCCC)c1ccccc1[N+](=O)[O-]. The Hall–Kier alpha value is -1.58. The Bertz CT molecular complexity index is 747. The van der Waals surface area contributed by atoms with Crippen molar-refractivity contribution in [1.29, 1.82) is 0 Å². The molecule has 0 aromatic heterocycles. The summed E-state index contributed by atoms with van der Waals surface area (Å²) < 4.78 is 0. The van der Waals surface area contributed by atoms with Crippen molar-refractivity contribution in [1.82, 2.24) is 0 Å². The van der Waals surface area contributed by atoms with Crippen LogP contribution >= 0.6 is 0 Å². The van der Waals surface area contributed by atoms with E-state index in [1.807, 2.05) is 12.1 Å².